The van der Waals surface area contributed by atoms with Crippen LogP contribution in [0.2, 0.25) is 0 Å². The molecule has 3 nitrogen and oxygen atoms in total. The molecule has 110 valence electrons. The second-order valence-electron chi connectivity index (χ2n) is 6.43. The average Bonchev–Trinajstić information content (AvgIpc) is 2.42. The Kier molecular flexibility index (Phi) is 4.65. The molecule has 1 aliphatic rings. The van der Waals surface area contributed by atoms with Crippen molar-refractivity contribution in [3.8, 4) is 0 Å². The molecule has 20 heavy (non-hydrogen) atoms. The van der Waals surface area contributed by atoms with E-state index in [0.717, 1.165) is 35.8 Å². The van der Waals surface area contributed by atoms with Gasteiger partial charge in [0.25, 0.3) is 0 Å². The number of halogens is 1. The number of aromatic nitrogens is 1. The highest BCUT2D eigenvalue weighted by molar-refractivity contribution is 9.10. The maximum atomic E-state index is 12.6. The fourth-order valence-corrected chi connectivity index (χ4v) is 3.00. The van der Waals surface area contributed by atoms with Crippen molar-refractivity contribution in [3.63, 3.8) is 0 Å². The minimum Gasteiger partial charge on any atom is -0.370 e. The molecule has 0 bridgehead atoms. The molecular formula is C16H22BrNO2. The lowest BCUT2D eigenvalue weighted by atomic mass is 9.69. The van der Waals surface area contributed by atoms with Crippen LogP contribution >= 0.6 is 15.9 Å². The van der Waals surface area contributed by atoms with Crippen LogP contribution in [0.25, 0.3) is 0 Å². The molecule has 1 aromatic heterocycles. The van der Waals surface area contributed by atoms with Gasteiger partial charge in [-0.15, -0.1) is 0 Å². The van der Waals surface area contributed by atoms with Crippen molar-refractivity contribution in [1.29, 1.82) is 0 Å². The van der Waals surface area contributed by atoms with E-state index < -0.39 is 5.60 Å². The third-order valence-electron chi connectivity index (χ3n) is 4.44. The number of ether oxygens (including phenoxy) is 1. The predicted octanol–water partition coefficient (Wildman–Crippen LogP) is 3.94. The van der Waals surface area contributed by atoms with Gasteiger partial charge in [-0.2, -0.15) is 0 Å². The number of pyridine rings is 1. The van der Waals surface area contributed by atoms with Crippen molar-refractivity contribution in [1.82, 2.24) is 4.98 Å². The summed E-state index contributed by atoms with van der Waals surface area (Å²) in [7, 11) is 1.66. The molecule has 0 radical (unpaired) electrons. The third-order valence-corrected chi connectivity index (χ3v) is 4.91. The van der Waals surface area contributed by atoms with E-state index in [2.05, 4.69) is 34.8 Å². The first kappa shape index (κ1) is 15.6. The molecule has 0 saturated heterocycles. The van der Waals surface area contributed by atoms with Crippen molar-refractivity contribution in [2.75, 3.05) is 7.11 Å². The largest absolute Gasteiger partial charge is 0.370 e. The van der Waals surface area contributed by atoms with Crippen molar-refractivity contribution < 1.29 is 9.53 Å². The molecule has 0 amide bonds. The summed E-state index contributed by atoms with van der Waals surface area (Å²) in [4.78, 5) is 16.9. The Morgan fingerprint density at radius 1 is 1.30 bits per heavy atom. The quantitative estimate of drug-likeness (QED) is 0.833. The minimum absolute atomic E-state index is 0.158. The van der Waals surface area contributed by atoms with Gasteiger partial charge in [0, 0.05) is 23.5 Å². The van der Waals surface area contributed by atoms with Gasteiger partial charge in [-0.1, -0.05) is 13.8 Å². The molecule has 0 aliphatic heterocycles. The smallest absolute Gasteiger partial charge is 0.170 e. The summed E-state index contributed by atoms with van der Waals surface area (Å²) in [6.07, 6.45) is 5.76. The molecule has 4 heteroatoms. The van der Waals surface area contributed by atoms with Gasteiger partial charge in [-0.25, -0.2) is 0 Å². The first-order chi connectivity index (χ1) is 9.37. The predicted molar refractivity (Wildman–Crippen MR) is 82.6 cm³/mol. The van der Waals surface area contributed by atoms with Gasteiger partial charge in [-0.3, -0.25) is 9.78 Å². The summed E-state index contributed by atoms with van der Waals surface area (Å²) in [5.74, 6) is 0.158. The van der Waals surface area contributed by atoms with Crippen LogP contribution in [-0.2, 0) is 16.0 Å². The van der Waals surface area contributed by atoms with E-state index in [-0.39, 0.29) is 5.78 Å². The molecular weight excluding hydrogens is 318 g/mol. The standard InChI is InChI=1S/C16H22BrNO2/c1-15(2)6-8-16(20-3,9-7-15)14(19)10-13-5-4-12(17)11-18-13/h4-5,11H,6-10H2,1-3H3. The summed E-state index contributed by atoms with van der Waals surface area (Å²) in [5.41, 5.74) is 0.516. The van der Waals surface area contributed by atoms with Crippen molar-refractivity contribution in [2.45, 2.75) is 51.6 Å². The number of hydrogen-bond acceptors (Lipinski definition) is 3. The number of ketones is 1. The van der Waals surface area contributed by atoms with E-state index in [1.807, 2.05) is 12.1 Å². The molecule has 1 saturated carbocycles. The van der Waals surface area contributed by atoms with Gasteiger partial charge >= 0.3 is 0 Å². The molecule has 0 N–H and O–H groups in total. The number of Topliss-reactive ketones (excluding diaryl/α,β-unsaturated/α-hetero) is 1. The topological polar surface area (TPSA) is 39.2 Å². The van der Waals surface area contributed by atoms with Crippen LogP contribution in [0.15, 0.2) is 22.8 Å². The maximum Gasteiger partial charge on any atom is 0.170 e. The minimum atomic E-state index is -0.607. The normalized spacial score (nSPS) is 20.6. The van der Waals surface area contributed by atoms with Crippen LogP contribution in [0.5, 0.6) is 0 Å². The Morgan fingerprint density at radius 3 is 2.45 bits per heavy atom. The SMILES string of the molecule is COC1(C(=O)Cc2ccc(Br)cn2)CCC(C)(C)CC1. The number of carbonyl (C=O) groups excluding carboxylic acids is 1. The highest BCUT2D eigenvalue weighted by atomic mass is 79.9. The number of nitrogens with zero attached hydrogens (tertiary/aromatic N) is 1. The monoisotopic (exact) mass is 339 g/mol. The second kappa shape index (κ2) is 5.94. The van der Waals surface area contributed by atoms with Crippen LogP contribution in [0.3, 0.4) is 0 Å². The lowest BCUT2D eigenvalue weighted by Gasteiger charge is -2.41. The van der Waals surface area contributed by atoms with Crippen molar-refractivity contribution in [2.24, 2.45) is 5.41 Å². The summed E-state index contributed by atoms with van der Waals surface area (Å²) >= 11 is 3.35. The highest BCUT2D eigenvalue weighted by Crippen LogP contribution is 2.42. The molecule has 0 atom stereocenters. The van der Waals surface area contributed by atoms with Crippen LogP contribution < -0.4 is 0 Å². The molecule has 0 unspecified atom stereocenters. The lowest BCUT2D eigenvalue weighted by molar-refractivity contribution is -0.147. The fourth-order valence-electron chi connectivity index (χ4n) is 2.76. The zero-order chi connectivity index (χ0) is 14.8. The summed E-state index contributed by atoms with van der Waals surface area (Å²) in [6, 6.07) is 3.80. The number of rotatable bonds is 4. The Balaban J connectivity index is 2.08. The summed E-state index contributed by atoms with van der Waals surface area (Å²) < 4.78 is 6.57. The first-order valence-electron chi connectivity index (χ1n) is 7.06. The number of carbonyl (C=O) groups is 1. The van der Waals surface area contributed by atoms with Crippen LogP contribution in [-0.4, -0.2) is 23.5 Å². The Hall–Kier alpha value is -0.740. The second-order valence-corrected chi connectivity index (χ2v) is 7.35. The van der Waals surface area contributed by atoms with E-state index >= 15 is 0 Å². The fraction of sp³-hybridized carbons (Fsp3) is 0.625. The van der Waals surface area contributed by atoms with E-state index in [9.17, 15) is 4.79 Å². The summed E-state index contributed by atoms with van der Waals surface area (Å²) in [5, 5.41) is 0. The number of hydrogen-bond donors (Lipinski definition) is 0. The van der Waals surface area contributed by atoms with E-state index in [0.29, 0.717) is 11.8 Å². The van der Waals surface area contributed by atoms with Gasteiger partial charge in [0.05, 0.1) is 6.42 Å². The Morgan fingerprint density at radius 2 is 1.95 bits per heavy atom. The first-order valence-corrected chi connectivity index (χ1v) is 7.85. The van der Waals surface area contributed by atoms with Gasteiger partial charge < -0.3 is 4.74 Å². The lowest BCUT2D eigenvalue weighted by Crippen LogP contribution is -2.46. The van der Waals surface area contributed by atoms with Gasteiger partial charge in [0.1, 0.15) is 5.60 Å². The van der Waals surface area contributed by atoms with Gasteiger partial charge in [0.2, 0.25) is 0 Å². The molecule has 0 spiro atoms. The average molecular weight is 340 g/mol. The van der Waals surface area contributed by atoms with E-state index in [1.54, 1.807) is 13.3 Å². The summed E-state index contributed by atoms with van der Waals surface area (Å²) in [6.45, 7) is 4.51. The third kappa shape index (κ3) is 3.47. The van der Waals surface area contributed by atoms with E-state index in [1.165, 1.54) is 0 Å². The molecule has 1 aromatic rings. The zero-order valence-corrected chi connectivity index (χ0v) is 14.0. The van der Waals surface area contributed by atoms with Crippen LogP contribution in [0.1, 0.15) is 45.2 Å². The van der Waals surface area contributed by atoms with Crippen molar-refractivity contribution >= 4 is 21.7 Å². The zero-order valence-electron chi connectivity index (χ0n) is 12.4. The molecule has 1 aliphatic carbocycles. The molecule has 1 heterocycles. The van der Waals surface area contributed by atoms with E-state index in [4.69, 9.17) is 4.74 Å². The molecule has 2 rings (SSSR count). The van der Waals surface area contributed by atoms with Gasteiger partial charge in [0.15, 0.2) is 5.78 Å². The maximum absolute atomic E-state index is 12.6. The number of methoxy groups -OCH3 is 1. The van der Waals surface area contributed by atoms with Gasteiger partial charge in [-0.05, 0) is 59.2 Å². The Bertz CT molecular complexity index is 472. The van der Waals surface area contributed by atoms with Crippen molar-refractivity contribution in [3.05, 3.63) is 28.5 Å². The Labute approximate surface area is 129 Å². The highest BCUT2D eigenvalue weighted by Gasteiger charge is 2.43. The molecule has 1 fully saturated rings. The van der Waals surface area contributed by atoms with Crippen LogP contribution in [0.4, 0.5) is 0 Å². The van der Waals surface area contributed by atoms with Crippen LogP contribution in [0, 0.1) is 5.41 Å². The molecule has 0 aromatic carbocycles.